The summed E-state index contributed by atoms with van der Waals surface area (Å²) in [5.41, 5.74) is 1.41. The van der Waals surface area contributed by atoms with Gasteiger partial charge < -0.3 is 15.5 Å². The molecule has 7 heteroatoms. The fourth-order valence-corrected chi connectivity index (χ4v) is 3.35. The Labute approximate surface area is 172 Å². The molecule has 28 heavy (non-hydrogen) atoms. The van der Waals surface area contributed by atoms with Gasteiger partial charge in [-0.25, -0.2) is 0 Å². The molecular weight excluding hydrogens is 376 g/mol. The highest BCUT2D eigenvalue weighted by atomic mass is 35.5. The van der Waals surface area contributed by atoms with Crippen molar-refractivity contribution in [3.63, 3.8) is 0 Å². The minimum atomic E-state index is -0.232. The molecule has 0 saturated carbocycles. The van der Waals surface area contributed by atoms with Crippen molar-refractivity contribution in [3.05, 3.63) is 66.0 Å². The fourth-order valence-electron chi connectivity index (χ4n) is 3.35. The van der Waals surface area contributed by atoms with Crippen LogP contribution in [0.15, 0.2) is 54.7 Å². The van der Waals surface area contributed by atoms with Crippen LogP contribution in [-0.2, 0) is 11.3 Å². The quantitative estimate of drug-likeness (QED) is 0.778. The van der Waals surface area contributed by atoms with Crippen molar-refractivity contribution >= 4 is 24.2 Å². The van der Waals surface area contributed by atoms with E-state index >= 15 is 0 Å². The average Bonchev–Trinajstić information content (AvgIpc) is 3.01. The molecule has 0 aliphatic carbocycles. The van der Waals surface area contributed by atoms with E-state index in [1.54, 1.807) is 18.3 Å². The van der Waals surface area contributed by atoms with Gasteiger partial charge in [-0.05, 0) is 56.6 Å². The van der Waals surface area contributed by atoms with Crippen molar-refractivity contribution in [3.8, 4) is 0 Å². The lowest BCUT2D eigenvalue weighted by Crippen LogP contribution is -2.45. The average molecular weight is 403 g/mol. The number of amides is 2. The molecule has 1 aliphatic rings. The number of rotatable bonds is 6. The van der Waals surface area contributed by atoms with Gasteiger partial charge in [0.25, 0.3) is 5.91 Å². The molecule has 1 fully saturated rings. The minimum absolute atomic E-state index is 0. The largest absolute Gasteiger partial charge is 0.343 e. The lowest BCUT2D eigenvalue weighted by atomic mass is 10.1. The van der Waals surface area contributed by atoms with E-state index in [2.05, 4.69) is 15.6 Å². The van der Waals surface area contributed by atoms with Crippen molar-refractivity contribution in [2.75, 3.05) is 19.6 Å². The zero-order valence-corrected chi connectivity index (χ0v) is 16.7. The van der Waals surface area contributed by atoms with E-state index in [1.165, 1.54) is 0 Å². The van der Waals surface area contributed by atoms with Crippen LogP contribution >= 0.6 is 12.4 Å². The molecular formula is C21H27ClN4O2. The number of carbonyl (C=O) groups is 2. The Kier molecular flexibility index (Phi) is 8.91. The second-order valence-corrected chi connectivity index (χ2v) is 6.73. The maximum Gasteiger partial charge on any atom is 0.251 e. The van der Waals surface area contributed by atoms with E-state index in [0.29, 0.717) is 12.1 Å². The normalized spacial score (nSPS) is 16.4. The fraction of sp³-hybridized carbons (Fsp3) is 0.381. The molecule has 150 valence electrons. The van der Waals surface area contributed by atoms with Crippen molar-refractivity contribution < 1.29 is 9.59 Å². The highest BCUT2D eigenvalue weighted by Crippen LogP contribution is 2.16. The number of pyridine rings is 1. The minimum Gasteiger partial charge on any atom is -0.343 e. The van der Waals surface area contributed by atoms with E-state index < -0.39 is 0 Å². The number of benzene rings is 1. The van der Waals surface area contributed by atoms with Crippen molar-refractivity contribution in [1.29, 1.82) is 0 Å². The summed E-state index contributed by atoms with van der Waals surface area (Å²) in [6, 6.07) is 14.8. The summed E-state index contributed by atoms with van der Waals surface area (Å²) in [5.74, 6) is -0.305. The second-order valence-electron chi connectivity index (χ2n) is 6.73. The van der Waals surface area contributed by atoms with E-state index in [9.17, 15) is 9.59 Å². The van der Waals surface area contributed by atoms with Gasteiger partial charge in [-0.15, -0.1) is 12.4 Å². The lowest BCUT2D eigenvalue weighted by molar-refractivity contribution is -0.133. The highest BCUT2D eigenvalue weighted by molar-refractivity contribution is 5.96. The number of nitrogens with one attached hydrogen (secondary N) is 2. The first-order valence-electron chi connectivity index (χ1n) is 9.47. The molecule has 2 amide bonds. The standard InChI is InChI=1S/C21H26N4O2.ClH/c26-20(15-24-21(27)17-7-2-1-3-8-17)25(16-18-9-4-5-13-23-18)19-10-6-12-22-14-11-19;/h1-5,7-9,13,19,22H,6,10-12,14-16H2,(H,24,27);1H. The summed E-state index contributed by atoms with van der Waals surface area (Å²) >= 11 is 0. The van der Waals surface area contributed by atoms with Crippen LogP contribution in [0.2, 0.25) is 0 Å². The van der Waals surface area contributed by atoms with Gasteiger partial charge in [0.2, 0.25) is 5.91 Å². The summed E-state index contributed by atoms with van der Waals surface area (Å²) in [6.45, 7) is 2.33. The lowest BCUT2D eigenvalue weighted by Gasteiger charge is -2.31. The maximum absolute atomic E-state index is 13.0. The topological polar surface area (TPSA) is 74.3 Å². The molecule has 0 bridgehead atoms. The predicted molar refractivity (Wildman–Crippen MR) is 111 cm³/mol. The van der Waals surface area contributed by atoms with Crippen LogP contribution in [0.5, 0.6) is 0 Å². The highest BCUT2D eigenvalue weighted by Gasteiger charge is 2.25. The van der Waals surface area contributed by atoms with Gasteiger partial charge in [-0.3, -0.25) is 14.6 Å². The maximum atomic E-state index is 13.0. The Bertz CT molecular complexity index is 735. The molecule has 2 heterocycles. The van der Waals surface area contributed by atoms with Crippen LogP contribution in [0.4, 0.5) is 0 Å². The van der Waals surface area contributed by atoms with Crippen LogP contribution in [0, 0.1) is 0 Å². The van der Waals surface area contributed by atoms with E-state index in [1.807, 2.05) is 41.3 Å². The monoisotopic (exact) mass is 402 g/mol. The van der Waals surface area contributed by atoms with Crippen molar-refractivity contribution in [2.24, 2.45) is 0 Å². The predicted octanol–water partition coefficient (Wildman–Crippen LogP) is 2.40. The SMILES string of the molecule is Cl.O=C(NCC(=O)N(Cc1ccccn1)C1CCCNCC1)c1ccccc1. The van der Waals surface area contributed by atoms with Crippen LogP contribution in [0.1, 0.15) is 35.3 Å². The molecule has 1 saturated heterocycles. The number of aromatic nitrogens is 1. The molecule has 1 atom stereocenters. The molecule has 1 aromatic carbocycles. The van der Waals surface area contributed by atoms with Crippen LogP contribution < -0.4 is 10.6 Å². The Hall–Kier alpha value is -2.44. The Balaban J connectivity index is 0.00000280. The third-order valence-electron chi connectivity index (χ3n) is 4.80. The summed E-state index contributed by atoms with van der Waals surface area (Å²) in [4.78, 5) is 31.5. The third kappa shape index (κ3) is 6.32. The van der Waals surface area contributed by atoms with Crippen molar-refractivity contribution in [2.45, 2.75) is 31.8 Å². The first-order valence-corrected chi connectivity index (χ1v) is 9.47. The molecule has 2 N–H and O–H groups in total. The Morgan fingerprint density at radius 1 is 1.07 bits per heavy atom. The van der Waals surface area contributed by atoms with Crippen LogP contribution in [-0.4, -0.2) is 47.4 Å². The van der Waals surface area contributed by atoms with Gasteiger partial charge in [0, 0.05) is 17.8 Å². The zero-order valence-electron chi connectivity index (χ0n) is 15.8. The summed E-state index contributed by atoms with van der Waals surface area (Å²) < 4.78 is 0. The summed E-state index contributed by atoms with van der Waals surface area (Å²) in [7, 11) is 0. The third-order valence-corrected chi connectivity index (χ3v) is 4.80. The smallest absolute Gasteiger partial charge is 0.251 e. The second kappa shape index (κ2) is 11.4. The molecule has 0 radical (unpaired) electrons. The van der Waals surface area contributed by atoms with Crippen LogP contribution in [0.3, 0.4) is 0 Å². The summed E-state index contributed by atoms with van der Waals surface area (Å²) in [5, 5.41) is 6.14. The number of nitrogens with zero attached hydrogens (tertiary/aromatic N) is 2. The molecule has 0 spiro atoms. The van der Waals surface area contributed by atoms with Gasteiger partial charge in [0.1, 0.15) is 0 Å². The first kappa shape index (κ1) is 21.9. The van der Waals surface area contributed by atoms with Gasteiger partial charge >= 0.3 is 0 Å². The Morgan fingerprint density at radius 3 is 2.61 bits per heavy atom. The Morgan fingerprint density at radius 2 is 1.86 bits per heavy atom. The summed E-state index contributed by atoms with van der Waals surface area (Å²) in [6.07, 6.45) is 4.64. The number of hydrogen-bond donors (Lipinski definition) is 2. The van der Waals surface area contributed by atoms with Gasteiger partial charge in [0.15, 0.2) is 0 Å². The number of halogens is 1. The van der Waals surface area contributed by atoms with Gasteiger partial charge in [-0.1, -0.05) is 24.3 Å². The van der Waals surface area contributed by atoms with Crippen molar-refractivity contribution in [1.82, 2.24) is 20.5 Å². The van der Waals surface area contributed by atoms with E-state index in [0.717, 1.165) is 38.0 Å². The van der Waals surface area contributed by atoms with Gasteiger partial charge in [-0.2, -0.15) is 0 Å². The number of hydrogen-bond acceptors (Lipinski definition) is 4. The molecule has 3 rings (SSSR count). The van der Waals surface area contributed by atoms with E-state index in [-0.39, 0.29) is 36.8 Å². The van der Waals surface area contributed by atoms with Gasteiger partial charge in [0.05, 0.1) is 18.8 Å². The van der Waals surface area contributed by atoms with Crippen LogP contribution in [0.25, 0.3) is 0 Å². The molecule has 6 nitrogen and oxygen atoms in total. The van der Waals surface area contributed by atoms with E-state index in [4.69, 9.17) is 0 Å². The zero-order chi connectivity index (χ0) is 18.9. The molecule has 2 aromatic rings. The number of carbonyl (C=O) groups excluding carboxylic acids is 2. The molecule has 1 unspecified atom stereocenters. The molecule has 1 aromatic heterocycles. The first-order chi connectivity index (χ1) is 13.2. The molecule has 1 aliphatic heterocycles.